The molecule has 6 heteroatoms. The second-order valence-corrected chi connectivity index (χ2v) is 5.74. The van der Waals surface area contributed by atoms with Crippen molar-refractivity contribution in [3.05, 3.63) is 77.2 Å². The van der Waals surface area contributed by atoms with E-state index in [1.54, 1.807) is 34.9 Å². The lowest BCUT2D eigenvalue weighted by molar-refractivity contribution is 0.627. The summed E-state index contributed by atoms with van der Waals surface area (Å²) < 4.78 is 28.5. The van der Waals surface area contributed by atoms with E-state index in [2.05, 4.69) is 9.97 Å². The van der Waals surface area contributed by atoms with Crippen molar-refractivity contribution >= 4 is 18.0 Å². The molecule has 4 aromatic rings. The fourth-order valence-corrected chi connectivity index (χ4v) is 2.88. The highest BCUT2D eigenvalue weighted by atomic mass is 32.1. The van der Waals surface area contributed by atoms with Crippen LogP contribution in [0, 0.1) is 16.3 Å². The number of hydrogen-bond donors (Lipinski definition) is 1. The first-order chi connectivity index (χ1) is 11.6. The number of aromatic amines is 1. The quantitative estimate of drug-likeness (QED) is 0.521. The van der Waals surface area contributed by atoms with Gasteiger partial charge >= 0.3 is 0 Å². The molecular formula is C18H11F2N3S. The van der Waals surface area contributed by atoms with Gasteiger partial charge in [-0.3, -0.25) is 4.40 Å². The average molecular weight is 339 g/mol. The molecule has 2 aromatic carbocycles. The van der Waals surface area contributed by atoms with E-state index < -0.39 is 0 Å². The Morgan fingerprint density at radius 3 is 2.08 bits per heavy atom. The molecule has 0 fully saturated rings. The third-order valence-electron chi connectivity index (χ3n) is 3.81. The van der Waals surface area contributed by atoms with Crippen LogP contribution in [-0.4, -0.2) is 14.4 Å². The Bertz CT molecular complexity index is 1080. The molecule has 0 amide bonds. The van der Waals surface area contributed by atoms with Gasteiger partial charge in [0.1, 0.15) is 16.3 Å². The van der Waals surface area contributed by atoms with Gasteiger partial charge in [-0.05, 0) is 47.5 Å². The summed E-state index contributed by atoms with van der Waals surface area (Å²) in [7, 11) is 0. The molecule has 0 bridgehead atoms. The molecule has 0 radical (unpaired) electrons. The average Bonchev–Trinajstić information content (AvgIpc) is 3.02. The van der Waals surface area contributed by atoms with Crippen molar-refractivity contribution in [2.75, 3.05) is 0 Å². The van der Waals surface area contributed by atoms with Gasteiger partial charge in [0.25, 0.3) is 0 Å². The van der Waals surface area contributed by atoms with E-state index in [9.17, 15) is 8.78 Å². The van der Waals surface area contributed by atoms with Crippen molar-refractivity contribution in [3.63, 3.8) is 0 Å². The molecule has 0 spiro atoms. The summed E-state index contributed by atoms with van der Waals surface area (Å²) in [4.78, 5) is 7.54. The zero-order chi connectivity index (χ0) is 16.7. The van der Waals surface area contributed by atoms with E-state index >= 15 is 0 Å². The number of hydrogen-bond acceptors (Lipinski definition) is 2. The van der Waals surface area contributed by atoms with Crippen LogP contribution in [0.5, 0.6) is 0 Å². The van der Waals surface area contributed by atoms with E-state index in [1.165, 1.54) is 24.3 Å². The van der Waals surface area contributed by atoms with Gasteiger partial charge < -0.3 is 4.98 Å². The molecule has 1 N–H and O–H groups in total. The SMILES string of the molecule is Fc1ccc(-c2cn3c(=S)c(-c4ccc(F)cc4)cnc3[nH]2)cc1. The highest BCUT2D eigenvalue weighted by Crippen LogP contribution is 2.24. The van der Waals surface area contributed by atoms with Crippen molar-refractivity contribution in [1.82, 2.24) is 14.4 Å². The van der Waals surface area contributed by atoms with Crippen LogP contribution in [0.3, 0.4) is 0 Å². The van der Waals surface area contributed by atoms with Crippen LogP contribution in [0.25, 0.3) is 28.2 Å². The lowest BCUT2D eigenvalue weighted by Crippen LogP contribution is -1.92. The van der Waals surface area contributed by atoms with Gasteiger partial charge in [0.05, 0.1) is 5.69 Å². The summed E-state index contributed by atoms with van der Waals surface area (Å²) in [6.45, 7) is 0. The Morgan fingerprint density at radius 2 is 1.46 bits per heavy atom. The first-order valence-electron chi connectivity index (χ1n) is 7.24. The number of imidazole rings is 1. The van der Waals surface area contributed by atoms with Gasteiger partial charge in [0, 0.05) is 18.0 Å². The summed E-state index contributed by atoms with van der Waals surface area (Å²) in [6.07, 6.45) is 3.49. The van der Waals surface area contributed by atoms with Gasteiger partial charge in [-0.1, -0.05) is 24.4 Å². The Morgan fingerprint density at radius 1 is 0.875 bits per heavy atom. The minimum Gasteiger partial charge on any atom is -0.323 e. The zero-order valence-corrected chi connectivity index (χ0v) is 13.1. The van der Waals surface area contributed by atoms with Crippen LogP contribution in [0.2, 0.25) is 0 Å². The van der Waals surface area contributed by atoms with Gasteiger partial charge in [-0.25, -0.2) is 13.8 Å². The van der Waals surface area contributed by atoms with Crippen LogP contribution in [0.15, 0.2) is 60.9 Å². The summed E-state index contributed by atoms with van der Waals surface area (Å²) in [5.74, 6) is -0.0000190. The molecule has 3 nitrogen and oxygen atoms in total. The molecule has 0 saturated heterocycles. The lowest BCUT2D eigenvalue weighted by atomic mass is 10.1. The maximum Gasteiger partial charge on any atom is 0.212 e. The molecule has 0 aliphatic heterocycles. The maximum atomic E-state index is 13.1. The van der Waals surface area contributed by atoms with Crippen molar-refractivity contribution in [2.24, 2.45) is 0 Å². The van der Waals surface area contributed by atoms with E-state index in [1.807, 2.05) is 6.20 Å². The molecule has 0 saturated carbocycles. The molecule has 2 aromatic heterocycles. The number of H-pyrrole nitrogens is 1. The normalized spacial score (nSPS) is 11.1. The predicted molar refractivity (Wildman–Crippen MR) is 91.2 cm³/mol. The third-order valence-corrected chi connectivity index (χ3v) is 4.23. The van der Waals surface area contributed by atoms with E-state index in [4.69, 9.17) is 12.2 Å². The predicted octanol–water partition coefficient (Wildman–Crippen LogP) is 5.00. The van der Waals surface area contributed by atoms with Gasteiger partial charge in [0.2, 0.25) is 5.78 Å². The molecule has 0 unspecified atom stereocenters. The highest BCUT2D eigenvalue weighted by Gasteiger charge is 2.09. The number of rotatable bonds is 2. The topological polar surface area (TPSA) is 33.1 Å². The molecule has 4 rings (SSSR count). The Kier molecular flexibility index (Phi) is 3.46. The molecular weight excluding hydrogens is 328 g/mol. The zero-order valence-electron chi connectivity index (χ0n) is 12.3. The highest BCUT2D eigenvalue weighted by molar-refractivity contribution is 7.71. The first kappa shape index (κ1) is 14.7. The molecule has 0 aliphatic rings. The van der Waals surface area contributed by atoms with Crippen molar-refractivity contribution in [1.29, 1.82) is 0 Å². The Balaban J connectivity index is 1.86. The van der Waals surface area contributed by atoms with E-state index in [-0.39, 0.29) is 11.6 Å². The number of nitrogens with zero attached hydrogens (tertiary/aromatic N) is 2. The molecule has 0 atom stereocenters. The number of benzene rings is 2. The smallest absolute Gasteiger partial charge is 0.212 e. The van der Waals surface area contributed by atoms with Crippen molar-refractivity contribution in [2.45, 2.75) is 0 Å². The Hall–Kier alpha value is -2.86. The fraction of sp³-hybridized carbons (Fsp3) is 0. The van der Waals surface area contributed by atoms with Crippen LogP contribution >= 0.6 is 12.2 Å². The van der Waals surface area contributed by atoms with E-state index in [0.29, 0.717) is 10.4 Å². The third kappa shape index (κ3) is 2.51. The fourth-order valence-electron chi connectivity index (χ4n) is 2.57. The molecule has 2 heterocycles. The van der Waals surface area contributed by atoms with Crippen LogP contribution in [-0.2, 0) is 0 Å². The molecule has 24 heavy (non-hydrogen) atoms. The monoisotopic (exact) mass is 339 g/mol. The minimum atomic E-state index is -0.299. The first-order valence-corrected chi connectivity index (χ1v) is 7.65. The lowest BCUT2D eigenvalue weighted by Gasteiger charge is -2.02. The van der Waals surface area contributed by atoms with Crippen LogP contribution < -0.4 is 0 Å². The number of halogens is 2. The number of aromatic nitrogens is 3. The van der Waals surface area contributed by atoms with Crippen LogP contribution in [0.4, 0.5) is 8.78 Å². The van der Waals surface area contributed by atoms with Crippen LogP contribution in [0.1, 0.15) is 0 Å². The standard InChI is InChI=1S/C18H11F2N3S/c19-13-5-1-11(2-6-13)15-9-21-18-22-16(10-23(18)17(15)24)12-3-7-14(20)8-4-12/h1-10H,(H,21,22). The van der Waals surface area contributed by atoms with Crippen molar-refractivity contribution < 1.29 is 8.78 Å². The number of nitrogens with one attached hydrogen (secondary N) is 1. The van der Waals surface area contributed by atoms with Gasteiger partial charge in [0.15, 0.2) is 0 Å². The van der Waals surface area contributed by atoms with E-state index in [0.717, 1.165) is 22.4 Å². The molecule has 0 aliphatic carbocycles. The summed E-state index contributed by atoms with van der Waals surface area (Å²) in [5, 5.41) is 0. The second kappa shape index (κ2) is 5.65. The summed E-state index contributed by atoms with van der Waals surface area (Å²) in [6, 6.07) is 12.3. The van der Waals surface area contributed by atoms with Gasteiger partial charge in [-0.2, -0.15) is 0 Å². The summed E-state index contributed by atoms with van der Waals surface area (Å²) >= 11 is 5.54. The Labute approximate surface area is 141 Å². The van der Waals surface area contributed by atoms with Gasteiger partial charge in [-0.15, -0.1) is 0 Å². The largest absolute Gasteiger partial charge is 0.323 e. The summed E-state index contributed by atoms with van der Waals surface area (Å²) in [5.41, 5.74) is 3.16. The maximum absolute atomic E-state index is 13.1. The molecule has 118 valence electrons. The van der Waals surface area contributed by atoms with Crippen molar-refractivity contribution in [3.8, 4) is 22.4 Å². The second-order valence-electron chi connectivity index (χ2n) is 5.35. The number of fused-ring (bicyclic) bond motifs is 1. The minimum absolute atomic E-state index is 0.289.